The first kappa shape index (κ1) is 25.9. The van der Waals surface area contributed by atoms with Crippen LogP contribution in [0.4, 0.5) is 0 Å². The molecule has 0 aliphatic heterocycles. The molecule has 0 aliphatic rings. The van der Waals surface area contributed by atoms with Crippen LogP contribution in [0.25, 0.3) is 16.6 Å². The van der Waals surface area contributed by atoms with E-state index >= 15 is 0 Å². The van der Waals surface area contributed by atoms with Crippen LogP contribution in [0.15, 0.2) is 71.5 Å². The largest absolute Gasteiger partial charge is 0.385 e. The van der Waals surface area contributed by atoms with E-state index in [0.717, 1.165) is 5.56 Å². The van der Waals surface area contributed by atoms with Crippen LogP contribution in [0.3, 0.4) is 0 Å². The molecule has 0 radical (unpaired) electrons. The Bertz CT molecular complexity index is 1450. The molecule has 36 heavy (non-hydrogen) atoms. The molecule has 186 valence electrons. The predicted octanol–water partition coefficient (Wildman–Crippen LogP) is 6.24. The highest BCUT2D eigenvalue weighted by Crippen LogP contribution is 2.28. The van der Waals surface area contributed by atoms with Crippen LogP contribution in [0.5, 0.6) is 0 Å². The van der Waals surface area contributed by atoms with Gasteiger partial charge in [0.05, 0.1) is 32.7 Å². The monoisotopic (exact) mass is 523 g/mol. The number of hydrogen-bond donors (Lipinski definition) is 0. The zero-order chi connectivity index (χ0) is 25.8. The van der Waals surface area contributed by atoms with Crippen molar-refractivity contribution in [3.63, 3.8) is 0 Å². The van der Waals surface area contributed by atoms with Crippen molar-refractivity contribution in [1.29, 1.82) is 0 Å². The fourth-order valence-electron chi connectivity index (χ4n) is 4.16. The lowest BCUT2D eigenvalue weighted by molar-refractivity contribution is 0.0657. The van der Waals surface area contributed by atoms with Crippen molar-refractivity contribution in [3.8, 4) is 5.69 Å². The van der Waals surface area contributed by atoms with Gasteiger partial charge in [-0.05, 0) is 62.7 Å². The maximum absolute atomic E-state index is 13.7. The van der Waals surface area contributed by atoms with E-state index < -0.39 is 6.04 Å². The Hall–Kier alpha value is -3.19. The van der Waals surface area contributed by atoms with E-state index in [2.05, 4.69) is 0 Å². The molecule has 1 aromatic heterocycles. The molecule has 0 bridgehead atoms. The van der Waals surface area contributed by atoms with Crippen molar-refractivity contribution < 1.29 is 9.53 Å². The topological polar surface area (TPSA) is 64.4 Å². The number of hydrogen-bond acceptors (Lipinski definition) is 4. The average molecular weight is 524 g/mol. The van der Waals surface area contributed by atoms with E-state index in [1.165, 1.54) is 0 Å². The highest BCUT2D eigenvalue weighted by molar-refractivity contribution is 6.42. The maximum atomic E-state index is 13.7. The smallest absolute Gasteiger partial charge is 0.266 e. The van der Waals surface area contributed by atoms with Gasteiger partial charge in [-0.25, -0.2) is 4.98 Å². The molecule has 0 saturated heterocycles. The van der Waals surface area contributed by atoms with Crippen LogP contribution < -0.4 is 5.56 Å². The SMILES string of the molecule is COCCCN(C(=O)c1ccc(Cl)c(Cl)c1)C(C)c1nc2ccccc2c(=O)n1-c1ccc(C)cc1. The first-order valence-corrected chi connectivity index (χ1v) is 12.4. The number of rotatable bonds is 8. The quantitative estimate of drug-likeness (QED) is 0.256. The van der Waals surface area contributed by atoms with Gasteiger partial charge in [-0.2, -0.15) is 0 Å². The van der Waals surface area contributed by atoms with E-state index in [4.69, 9.17) is 32.9 Å². The summed E-state index contributed by atoms with van der Waals surface area (Å²) in [6.45, 7) is 4.74. The minimum absolute atomic E-state index is 0.190. The van der Waals surface area contributed by atoms with Crippen LogP contribution in [0, 0.1) is 6.92 Å². The van der Waals surface area contributed by atoms with Gasteiger partial charge in [0.2, 0.25) is 0 Å². The molecule has 3 aromatic carbocycles. The normalized spacial score (nSPS) is 12.0. The molecule has 1 heterocycles. The number of methoxy groups -OCH3 is 1. The van der Waals surface area contributed by atoms with E-state index in [9.17, 15) is 9.59 Å². The molecule has 4 rings (SSSR count). The molecule has 0 aliphatic carbocycles. The molecule has 0 spiro atoms. The number of carbonyl (C=O) groups is 1. The number of ether oxygens (including phenoxy) is 1. The summed E-state index contributed by atoms with van der Waals surface area (Å²) in [6, 6.07) is 19.2. The van der Waals surface area contributed by atoms with E-state index in [-0.39, 0.29) is 11.5 Å². The summed E-state index contributed by atoms with van der Waals surface area (Å²) in [7, 11) is 1.62. The number of carbonyl (C=O) groups excluding carboxylic acids is 1. The number of fused-ring (bicyclic) bond motifs is 1. The standard InChI is InChI=1S/C28H27Cl2N3O3/c1-18-9-12-21(13-10-18)33-26(31-25-8-5-4-7-22(25)28(33)35)19(2)32(15-6-16-36-3)27(34)20-11-14-23(29)24(30)17-20/h4-5,7-14,17,19H,6,15-16H2,1-3H3. The Balaban J connectivity index is 1.88. The Labute approximate surface area is 220 Å². The fourth-order valence-corrected chi connectivity index (χ4v) is 4.46. The summed E-state index contributed by atoms with van der Waals surface area (Å²) < 4.78 is 6.83. The molecule has 4 aromatic rings. The molecule has 6 nitrogen and oxygen atoms in total. The lowest BCUT2D eigenvalue weighted by atomic mass is 10.1. The van der Waals surface area contributed by atoms with Gasteiger partial charge in [0, 0.05) is 25.8 Å². The van der Waals surface area contributed by atoms with Crippen molar-refractivity contribution in [3.05, 3.63) is 104 Å². The number of para-hydroxylation sites is 1. The zero-order valence-electron chi connectivity index (χ0n) is 20.4. The van der Waals surface area contributed by atoms with E-state index in [0.29, 0.717) is 57.6 Å². The summed E-state index contributed by atoms with van der Waals surface area (Å²) in [5.41, 5.74) is 2.55. The van der Waals surface area contributed by atoms with Crippen molar-refractivity contribution in [2.24, 2.45) is 0 Å². The van der Waals surface area contributed by atoms with Gasteiger partial charge in [-0.15, -0.1) is 0 Å². The number of amides is 1. The van der Waals surface area contributed by atoms with Crippen LogP contribution >= 0.6 is 23.2 Å². The van der Waals surface area contributed by atoms with Crippen LogP contribution in [-0.2, 0) is 4.74 Å². The maximum Gasteiger partial charge on any atom is 0.266 e. The number of aryl methyl sites for hydroxylation is 1. The van der Waals surface area contributed by atoms with E-state index in [1.807, 2.05) is 56.3 Å². The number of aromatic nitrogens is 2. The summed E-state index contributed by atoms with van der Waals surface area (Å²) in [6.07, 6.45) is 0.607. The van der Waals surface area contributed by atoms with Crippen molar-refractivity contribution >= 4 is 40.0 Å². The minimum atomic E-state index is -0.539. The Morgan fingerprint density at radius 1 is 1.06 bits per heavy atom. The summed E-state index contributed by atoms with van der Waals surface area (Å²) in [5.74, 6) is 0.225. The van der Waals surface area contributed by atoms with Crippen LogP contribution in [-0.4, -0.2) is 40.6 Å². The Morgan fingerprint density at radius 3 is 2.47 bits per heavy atom. The first-order valence-electron chi connectivity index (χ1n) is 11.7. The fraction of sp³-hybridized carbons (Fsp3) is 0.250. The molecular weight excluding hydrogens is 497 g/mol. The number of benzene rings is 3. The molecule has 1 unspecified atom stereocenters. The third kappa shape index (κ3) is 5.31. The van der Waals surface area contributed by atoms with Gasteiger partial charge < -0.3 is 9.64 Å². The molecule has 0 N–H and O–H groups in total. The molecular formula is C28H27Cl2N3O3. The Kier molecular flexibility index (Phi) is 8.09. The van der Waals surface area contributed by atoms with Crippen LogP contribution in [0.2, 0.25) is 10.0 Å². The van der Waals surface area contributed by atoms with Gasteiger partial charge in [0.15, 0.2) is 0 Å². The molecule has 1 atom stereocenters. The zero-order valence-corrected chi connectivity index (χ0v) is 21.9. The van der Waals surface area contributed by atoms with Gasteiger partial charge in [0.1, 0.15) is 5.82 Å². The number of halogens is 2. The molecule has 0 fully saturated rings. The second-order valence-corrected chi connectivity index (χ2v) is 9.43. The van der Waals surface area contributed by atoms with E-state index in [1.54, 1.807) is 40.8 Å². The highest BCUT2D eigenvalue weighted by atomic mass is 35.5. The highest BCUT2D eigenvalue weighted by Gasteiger charge is 2.28. The summed E-state index contributed by atoms with van der Waals surface area (Å²) in [4.78, 5) is 34.0. The lowest BCUT2D eigenvalue weighted by Crippen LogP contribution is -2.38. The van der Waals surface area contributed by atoms with Gasteiger partial charge in [0.25, 0.3) is 11.5 Å². The predicted molar refractivity (Wildman–Crippen MR) is 144 cm³/mol. The van der Waals surface area contributed by atoms with Gasteiger partial charge in [-0.3, -0.25) is 14.2 Å². The van der Waals surface area contributed by atoms with Crippen molar-refractivity contribution in [2.45, 2.75) is 26.3 Å². The summed E-state index contributed by atoms with van der Waals surface area (Å²) in [5, 5.41) is 1.18. The second-order valence-electron chi connectivity index (χ2n) is 8.61. The third-order valence-corrected chi connectivity index (χ3v) is 6.85. The van der Waals surface area contributed by atoms with Crippen molar-refractivity contribution in [2.75, 3.05) is 20.3 Å². The molecule has 0 saturated carbocycles. The first-order chi connectivity index (χ1) is 17.3. The average Bonchev–Trinajstić information content (AvgIpc) is 2.88. The summed E-state index contributed by atoms with van der Waals surface area (Å²) >= 11 is 12.3. The van der Waals surface area contributed by atoms with Crippen molar-refractivity contribution in [1.82, 2.24) is 14.5 Å². The molecule has 1 amide bonds. The minimum Gasteiger partial charge on any atom is -0.385 e. The van der Waals surface area contributed by atoms with Crippen LogP contribution in [0.1, 0.15) is 41.1 Å². The lowest BCUT2D eigenvalue weighted by Gasteiger charge is -2.31. The van der Waals surface area contributed by atoms with Gasteiger partial charge in [-0.1, -0.05) is 53.0 Å². The third-order valence-electron chi connectivity index (χ3n) is 6.11. The molecule has 8 heteroatoms. The second kappa shape index (κ2) is 11.2. The Morgan fingerprint density at radius 2 is 1.78 bits per heavy atom. The van der Waals surface area contributed by atoms with Gasteiger partial charge >= 0.3 is 0 Å². The number of nitrogens with zero attached hydrogens (tertiary/aromatic N) is 3.